The van der Waals surface area contributed by atoms with Crippen LogP contribution in [0.1, 0.15) is 19.4 Å². The standard InChI is InChI=1S/C11H16N2O.ClH/c1-9-6-13-11(2,14-8-9)10-4-3-5-12-7-10;/h3-5,7,9,13H,6,8H2,1-2H3;1H. The van der Waals surface area contributed by atoms with Crippen molar-refractivity contribution < 1.29 is 4.74 Å². The van der Waals surface area contributed by atoms with Gasteiger partial charge in [-0.2, -0.15) is 0 Å². The van der Waals surface area contributed by atoms with Crippen molar-refractivity contribution >= 4 is 12.4 Å². The van der Waals surface area contributed by atoms with Gasteiger partial charge in [0.2, 0.25) is 0 Å². The molecule has 0 aromatic carbocycles. The Hall–Kier alpha value is -0.640. The Balaban J connectivity index is 0.00000112. The summed E-state index contributed by atoms with van der Waals surface area (Å²) in [6, 6.07) is 3.97. The summed E-state index contributed by atoms with van der Waals surface area (Å²) in [5.74, 6) is 0.583. The first kappa shape index (κ1) is 12.4. The highest BCUT2D eigenvalue weighted by Crippen LogP contribution is 2.25. The molecule has 84 valence electrons. The first-order chi connectivity index (χ1) is 6.71. The molecule has 2 rings (SSSR count). The Morgan fingerprint density at radius 1 is 1.60 bits per heavy atom. The molecule has 2 heterocycles. The van der Waals surface area contributed by atoms with Crippen LogP contribution in [0.25, 0.3) is 0 Å². The number of hydrogen-bond acceptors (Lipinski definition) is 3. The van der Waals surface area contributed by atoms with Gasteiger partial charge in [-0.05, 0) is 18.9 Å². The number of pyridine rings is 1. The molecule has 1 aliphatic heterocycles. The zero-order valence-electron chi connectivity index (χ0n) is 9.06. The molecule has 0 spiro atoms. The Bertz CT molecular complexity index is 297. The van der Waals surface area contributed by atoms with Gasteiger partial charge in [-0.15, -0.1) is 12.4 Å². The van der Waals surface area contributed by atoms with E-state index in [0.717, 1.165) is 18.7 Å². The van der Waals surface area contributed by atoms with E-state index in [-0.39, 0.29) is 18.1 Å². The smallest absolute Gasteiger partial charge is 0.143 e. The number of rotatable bonds is 1. The van der Waals surface area contributed by atoms with Gasteiger partial charge in [0.25, 0.3) is 0 Å². The van der Waals surface area contributed by atoms with Crippen molar-refractivity contribution in [3.63, 3.8) is 0 Å². The topological polar surface area (TPSA) is 34.2 Å². The molecule has 0 radical (unpaired) electrons. The molecule has 0 aliphatic carbocycles. The number of nitrogens with zero attached hydrogens (tertiary/aromatic N) is 1. The number of ether oxygens (including phenoxy) is 1. The zero-order chi connectivity index (χ0) is 10.0. The minimum atomic E-state index is -0.360. The summed E-state index contributed by atoms with van der Waals surface area (Å²) >= 11 is 0. The lowest BCUT2D eigenvalue weighted by molar-refractivity contribution is -0.106. The van der Waals surface area contributed by atoms with Gasteiger partial charge in [-0.25, -0.2) is 0 Å². The van der Waals surface area contributed by atoms with Crippen LogP contribution in [0.15, 0.2) is 24.5 Å². The minimum absolute atomic E-state index is 0. The van der Waals surface area contributed by atoms with E-state index in [2.05, 4.69) is 24.1 Å². The molecule has 1 N–H and O–H groups in total. The highest BCUT2D eigenvalue weighted by molar-refractivity contribution is 5.85. The molecule has 3 nitrogen and oxygen atoms in total. The van der Waals surface area contributed by atoms with Crippen LogP contribution in [-0.4, -0.2) is 18.1 Å². The summed E-state index contributed by atoms with van der Waals surface area (Å²) in [6.45, 7) is 6.02. The highest BCUT2D eigenvalue weighted by Gasteiger charge is 2.31. The molecule has 1 aromatic rings. The van der Waals surface area contributed by atoms with E-state index in [1.54, 1.807) is 6.20 Å². The second-order valence-electron chi connectivity index (χ2n) is 4.07. The fourth-order valence-electron chi connectivity index (χ4n) is 1.62. The molecule has 1 saturated heterocycles. The van der Waals surface area contributed by atoms with Gasteiger partial charge in [0.1, 0.15) is 5.72 Å². The van der Waals surface area contributed by atoms with Crippen molar-refractivity contribution in [1.29, 1.82) is 0 Å². The summed E-state index contributed by atoms with van der Waals surface area (Å²) in [5, 5.41) is 3.40. The van der Waals surface area contributed by atoms with E-state index in [9.17, 15) is 0 Å². The lowest BCUT2D eigenvalue weighted by atomic mass is 10.0. The highest BCUT2D eigenvalue weighted by atomic mass is 35.5. The lowest BCUT2D eigenvalue weighted by Gasteiger charge is -2.37. The van der Waals surface area contributed by atoms with E-state index < -0.39 is 0 Å². The lowest BCUT2D eigenvalue weighted by Crippen LogP contribution is -2.49. The van der Waals surface area contributed by atoms with Gasteiger partial charge < -0.3 is 4.74 Å². The van der Waals surface area contributed by atoms with Crippen LogP contribution in [0.5, 0.6) is 0 Å². The quantitative estimate of drug-likeness (QED) is 0.798. The molecule has 1 aromatic heterocycles. The largest absolute Gasteiger partial charge is 0.356 e. The van der Waals surface area contributed by atoms with E-state index >= 15 is 0 Å². The molecule has 0 saturated carbocycles. The third kappa shape index (κ3) is 2.68. The number of halogens is 1. The average Bonchev–Trinajstić information content (AvgIpc) is 2.24. The predicted octanol–water partition coefficient (Wildman–Crippen LogP) is 1.93. The third-order valence-electron chi connectivity index (χ3n) is 2.66. The molecule has 1 aliphatic rings. The van der Waals surface area contributed by atoms with E-state index in [4.69, 9.17) is 4.74 Å². The van der Waals surface area contributed by atoms with Crippen LogP contribution in [0.2, 0.25) is 0 Å². The summed E-state index contributed by atoms with van der Waals surface area (Å²) < 4.78 is 5.81. The fraction of sp³-hybridized carbons (Fsp3) is 0.545. The Morgan fingerprint density at radius 3 is 2.93 bits per heavy atom. The second kappa shape index (κ2) is 4.92. The summed E-state index contributed by atoms with van der Waals surface area (Å²) in [5.41, 5.74) is 0.729. The Kier molecular flexibility index (Phi) is 4.08. The van der Waals surface area contributed by atoms with Crippen LogP contribution in [-0.2, 0) is 10.5 Å². The van der Waals surface area contributed by atoms with Crippen molar-refractivity contribution in [1.82, 2.24) is 10.3 Å². The molecule has 4 heteroatoms. The monoisotopic (exact) mass is 228 g/mol. The summed E-state index contributed by atoms with van der Waals surface area (Å²) in [6.07, 6.45) is 3.63. The van der Waals surface area contributed by atoms with Gasteiger partial charge in [-0.1, -0.05) is 13.0 Å². The Labute approximate surface area is 96.7 Å². The summed E-state index contributed by atoms with van der Waals surface area (Å²) in [4.78, 5) is 4.10. The van der Waals surface area contributed by atoms with Crippen molar-refractivity contribution in [2.24, 2.45) is 5.92 Å². The van der Waals surface area contributed by atoms with Crippen molar-refractivity contribution in [2.75, 3.05) is 13.2 Å². The van der Waals surface area contributed by atoms with E-state index in [1.807, 2.05) is 18.3 Å². The van der Waals surface area contributed by atoms with Crippen LogP contribution in [0.4, 0.5) is 0 Å². The van der Waals surface area contributed by atoms with Crippen LogP contribution >= 0.6 is 12.4 Å². The first-order valence-electron chi connectivity index (χ1n) is 5.00. The maximum Gasteiger partial charge on any atom is 0.143 e. The molecule has 15 heavy (non-hydrogen) atoms. The predicted molar refractivity (Wildman–Crippen MR) is 62.0 cm³/mol. The van der Waals surface area contributed by atoms with E-state index in [1.165, 1.54) is 0 Å². The molecule has 2 atom stereocenters. The zero-order valence-corrected chi connectivity index (χ0v) is 9.88. The van der Waals surface area contributed by atoms with Crippen LogP contribution in [0.3, 0.4) is 0 Å². The average molecular weight is 229 g/mol. The molecule has 0 amide bonds. The maximum atomic E-state index is 5.81. The SMILES string of the molecule is CC1CNC(C)(c2cccnc2)OC1.Cl. The molecule has 1 fully saturated rings. The van der Waals surface area contributed by atoms with Crippen molar-refractivity contribution in [3.05, 3.63) is 30.1 Å². The number of hydrogen-bond donors (Lipinski definition) is 1. The van der Waals surface area contributed by atoms with Gasteiger partial charge in [-0.3, -0.25) is 10.3 Å². The van der Waals surface area contributed by atoms with Crippen LogP contribution < -0.4 is 5.32 Å². The normalized spacial score (nSPS) is 30.7. The Morgan fingerprint density at radius 2 is 2.40 bits per heavy atom. The van der Waals surface area contributed by atoms with Gasteiger partial charge >= 0.3 is 0 Å². The molecular formula is C11H17ClN2O. The number of aromatic nitrogens is 1. The van der Waals surface area contributed by atoms with Gasteiger partial charge in [0.05, 0.1) is 6.61 Å². The molecule has 2 unspecified atom stereocenters. The summed E-state index contributed by atoms with van der Waals surface area (Å²) in [7, 11) is 0. The maximum absolute atomic E-state index is 5.81. The second-order valence-corrected chi connectivity index (χ2v) is 4.07. The molecule has 0 bridgehead atoms. The first-order valence-corrected chi connectivity index (χ1v) is 5.00. The van der Waals surface area contributed by atoms with Gasteiger partial charge in [0, 0.05) is 24.5 Å². The fourth-order valence-corrected chi connectivity index (χ4v) is 1.62. The minimum Gasteiger partial charge on any atom is -0.356 e. The van der Waals surface area contributed by atoms with Gasteiger partial charge in [0.15, 0.2) is 0 Å². The van der Waals surface area contributed by atoms with E-state index in [0.29, 0.717) is 5.92 Å². The van der Waals surface area contributed by atoms with Crippen LogP contribution in [0, 0.1) is 5.92 Å². The van der Waals surface area contributed by atoms with Crippen molar-refractivity contribution in [2.45, 2.75) is 19.6 Å². The number of nitrogens with one attached hydrogen (secondary N) is 1. The molecular weight excluding hydrogens is 212 g/mol. The third-order valence-corrected chi connectivity index (χ3v) is 2.66. The van der Waals surface area contributed by atoms with Crippen molar-refractivity contribution in [3.8, 4) is 0 Å².